The van der Waals surface area contributed by atoms with Crippen molar-refractivity contribution < 1.29 is 14.7 Å². The zero-order valence-electron chi connectivity index (χ0n) is 13.7. The summed E-state index contributed by atoms with van der Waals surface area (Å²) in [4.78, 5) is 23.2. The van der Waals surface area contributed by atoms with Gasteiger partial charge in [-0.05, 0) is 53.7 Å². The van der Waals surface area contributed by atoms with Crippen LogP contribution in [0.3, 0.4) is 0 Å². The molecule has 9 heteroatoms. The van der Waals surface area contributed by atoms with Gasteiger partial charge in [-0.25, -0.2) is 4.79 Å². The van der Waals surface area contributed by atoms with Gasteiger partial charge in [0.1, 0.15) is 0 Å². The van der Waals surface area contributed by atoms with Crippen LogP contribution in [0.4, 0.5) is 5.69 Å². The number of tetrazole rings is 1. The first-order valence-electron chi connectivity index (χ1n) is 7.69. The van der Waals surface area contributed by atoms with E-state index in [0.717, 1.165) is 5.69 Å². The average molecular weight is 369 g/mol. The van der Waals surface area contributed by atoms with Gasteiger partial charge in [0.15, 0.2) is 0 Å². The number of aromatic nitrogens is 4. The van der Waals surface area contributed by atoms with E-state index in [-0.39, 0.29) is 11.5 Å². The molecule has 0 aliphatic rings. The lowest BCUT2D eigenvalue weighted by Gasteiger charge is -2.12. The number of hydrogen-bond donors (Lipinski definition) is 2. The molecule has 0 spiro atoms. The van der Waals surface area contributed by atoms with Crippen LogP contribution in [-0.2, 0) is 4.79 Å². The fourth-order valence-electron chi connectivity index (χ4n) is 2.14. The monoisotopic (exact) mass is 369 g/mol. The largest absolute Gasteiger partial charge is 0.478 e. The molecule has 0 aliphatic carbocycles. The number of benzene rings is 2. The highest BCUT2D eigenvalue weighted by molar-refractivity contribution is 8.00. The molecule has 132 valence electrons. The van der Waals surface area contributed by atoms with Gasteiger partial charge in [-0.15, -0.1) is 5.10 Å². The molecule has 2 aromatic carbocycles. The van der Waals surface area contributed by atoms with Gasteiger partial charge in [-0.1, -0.05) is 30.0 Å². The fraction of sp³-hybridized carbons (Fsp3) is 0.118. The van der Waals surface area contributed by atoms with Crippen molar-refractivity contribution in [3.63, 3.8) is 0 Å². The standard InChI is InChI=1S/C17H15N5O3S/c1-11(15(23)18-13-9-7-12(8-10-13)16(24)25)26-17-19-20-21-22(17)14-5-3-2-4-6-14/h2-11H,1H3,(H,18,23)(H,24,25). The second kappa shape index (κ2) is 7.79. The van der Waals surface area contributed by atoms with Gasteiger partial charge >= 0.3 is 5.97 Å². The van der Waals surface area contributed by atoms with Crippen molar-refractivity contribution in [1.82, 2.24) is 20.2 Å². The highest BCUT2D eigenvalue weighted by Crippen LogP contribution is 2.23. The van der Waals surface area contributed by atoms with Gasteiger partial charge in [-0.3, -0.25) is 4.79 Å². The van der Waals surface area contributed by atoms with Crippen molar-refractivity contribution in [3.8, 4) is 5.69 Å². The molecule has 1 heterocycles. The summed E-state index contributed by atoms with van der Waals surface area (Å²) in [5, 5.41) is 23.3. The number of carbonyl (C=O) groups is 2. The molecule has 1 aromatic heterocycles. The Kier molecular flexibility index (Phi) is 5.28. The summed E-state index contributed by atoms with van der Waals surface area (Å²) < 4.78 is 1.57. The third kappa shape index (κ3) is 4.06. The zero-order valence-corrected chi connectivity index (χ0v) is 14.6. The maximum Gasteiger partial charge on any atom is 0.335 e. The molecule has 3 rings (SSSR count). The number of amides is 1. The van der Waals surface area contributed by atoms with Crippen LogP contribution >= 0.6 is 11.8 Å². The first kappa shape index (κ1) is 17.6. The Bertz CT molecular complexity index is 912. The second-order valence-corrected chi connectivity index (χ2v) is 6.65. The highest BCUT2D eigenvalue weighted by atomic mass is 32.2. The van der Waals surface area contributed by atoms with E-state index in [0.29, 0.717) is 10.8 Å². The summed E-state index contributed by atoms with van der Waals surface area (Å²) >= 11 is 1.23. The summed E-state index contributed by atoms with van der Waals surface area (Å²) in [6.07, 6.45) is 0. The molecule has 0 saturated heterocycles. The molecule has 0 bridgehead atoms. The number of rotatable bonds is 6. The summed E-state index contributed by atoms with van der Waals surface area (Å²) in [6, 6.07) is 15.4. The molecule has 8 nitrogen and oxygen atoms in total. The van der Waals surface area contributed by atoms with E-state index < -0.39 is 11.2 Å². The molecule has 0 aliphatic heterocycles. The molecule has 1 amide bonds. The predicted molar refractivity (Wildman–Crippen MR) is 96.5 cm³/mol. The lowest BCUT2D eigenvalue weighted by Crippen LogP contribution is -2.23. The molecule has 2 N–H and O–H groups in total. The quantitative estimate of drug-likeness (QED) is 0.642. The Morgan fingerprint density at radius 3 is 2.46 bits per heavy atom. The molecular formula is C17H15N5O3S. The zero-order chi connectivity index (χ0) is 18.5. The van der Waals surface area contributed by atoms with Gasteiger partial charge in [0.25, 0.3) is 0 Å². The van der Waals surface area contributed by atoms with E-state index in [4.69, 9.17) is 5.11 Å². The van der Waals surface area contributed by atoms with E-state index in [9.17, 15) is 9.59 Å². The number of aromatic carboxylic acids is 1. The first-order chi connectivity index (χ1) is 12.5. The Morgan fingerprint density at radius 2 is 1.81 bits per heavy atom. The number of hydrogen-bond acceptors (Lipinski definition) is 6. The molecular weight excluding hydrogens is 354 g/mol. The molecule has 1 atom stereocenters. The molecule has 3 aromatic rings. The van der Waals surface area contributed by atoms with E-state index in [2.05, 4.69) is 20.8 Å². The fourth-order valence-corrected chi connectivity index (χ4v) is 2.94. The van der Waals surface area contributed by atoms with Gasteiger partial charge < -0.3 is 10.4 Å². The van der Waals surface area contributed by atoms with Gasteiger partial charge in [0.2, 0.25) is 11.1 Å². The molecule has 26 heavy (non-hydrogen) atoms. The number of nitrogens with zero attached hydrogens (tertiary/aromatic N) is 4. The third-order valence-electron chi connectivity index (χ3n) is 3.49. The molecule has 0 saturated carbocycles. The topological polar surface area (TPSA) is 110 Å². The normalized spacial score (nSPS) is 11.7. The summed E-state index contributed by atoms with van der Waals surface area (Å²) in [6.45, 7) is 1.75. The van der Waals surface area contributed by atoms with Crippen LogP contribution in [0, 0.1) is 0 Å². The van der Waals surface area contributed by atoms with Crippen LogP contribution in [0.15, 0.2) is 59.8 Å². The average Bonchev–Trinajstić information content (AvgIpc) is 3.11. The number of carboxylic acid groups (broad SMARTS) is 1. The van der Waals surface area contributed by atoms with Crippen molar-refractivity contribution in [2.45, 2.75) is 17.3 Å². The van der Waals surface area contributed by atoms with Gasteiger partial charge in [0, 0.05) is 5.69 Å². The number of carbonyl (C=O) groups excluding carboxylic acids is 1. The maximum atomic E-state index is 12.4. The summed E-state index contributed by atoms with van der Waals surface area (Å²) in [7, 11) is 0. The Morgan fingerprint density at radius 1 is 1.12 bits per heavy atom. The third-order valence-corrected chi connectivity index (χ3v) is 4.53. The van der Waals surface area contributed by atoms with Crippen LogP contribution in [0.1, 0.15) is 17.3 Å². The van der Waals surface area contributed by atoms with Crippen LogP contribution in [0.5, 0.6) is 0 Å². The van der Waals surface area contributed by atoms with Gasteiger partial charge in [0.05, 0.1) is 16.5 Å². The lowest BCUT2D eigenvalue weighted by molar-refractivity contribution is -0.115. The number of carboxylic acids is 1. The van der Waals surface area contributed by atoms with E-state index in [1.807, 2.05) is 30.3 Å². The number of nitrogens with one attached hydrogen (secondary N) is 1. The first-order valence-corrected chi connectivity index (χ1v) is 8.57. The maximum absolute atomic E-state index is 12.4. The second-order valence-electron chi connectivity index (χ2n) is 5.34. The summed E-state index contributed by atoms with van der Waals surface area (Å²) in [5.41, 5.74) is 1.49. The minimum absolute atomic E-state index is 0.160. The summed E-state index contributed by atoms with van der Waals surface area (Å²) in [5.74, 6) is -1.25. The molecule has 0 fully saturated rings. The number of para-hydroxylation sites is 1. The molecule has 1 unspecified atom stereocenters. The Balaban J connectivity index is 1.67. The SMILES string of the molecule is CC(Sc1nnnn1-c1ccccc1)C(=O)Nc1ccc(C(=O)O)cc1. The van der Waals surface area contributed by atoms with Crippen molar-refractivity contribution in [3.05, 3.63) is 60.2 Å². The van der Waals surface area contributed by atoms with E-state index >= 15 is 0 Å². The van der Waals surface area contributed by atoms with Crippen LogP contribution in [0.25, 0.3) is 5.69 Å². The highest BCUT2D eigenvalue weighted by Gasteiger charge is 2.19. The Hall–Kier alpha value is -3.20. The predicted octanol–water partition coefficient (Wildman–Crippen LogP) is 2.48. The van der Waals surface area contributed by atoms with Crippen molar-refractivity contribution in [2.24, 2.45) is 0 Å². The minimum Gasteiger partial charge on any atom is -0.478 e. The minimum atomic E-state index is -1.01. The van der Waals surface area contributed by atoms with Gasteiger partial charge in [-0.2, -0.15) is 4.68 Å². The van der Waals surface area contributed by atoms with E-state index in [1.165, 1.54) is 23.9 Å². The number of anilines is 1. The number of thioether (sulfide) groups is 1. The van der Waals surface area contributed by atoms with Crippen molar-refractivity contribution in [2.75, 3.05) is 5.32 Å². The van der Waals surface area contributed by atoms with Crippen LogP contribution in [-0.4, -0.2) is 42.4 Å². The Labute approximate surface area is 153 Å². The van der Waals surface area contributed by atoms with Crippen molar-refractivity contribution >= 4 is 29.3 Å². The molecule has 0 radical (unpaired) electrons. The lowest BCUT2D eigenvalue weighted by atomic mass is 10.2. The van der Waals surface area contributed by atoms with E-state index in [1.54, 1.807) is 23.7 Å². The van der Waals surface area contributed by atoms with Crippen LogP contribution in [0.2, 0.25) is 0 Å². The van der Waals surface area contributed by atoms with Crippen LogP contribution < -0.4 is 5.32 Å². The van der Waals surface area contributed by atoms with Crippen molar-refractivity contribution in [1.29, 1.82) is 0 Å². The smallest absolute Gasteiger partial charge is 0.335 e.